The average molecular weight is 503 g/mol. The van der Waals surface area contributed by atoms with Crippen LogP contribution in [-0.2, 0) is 13.1 Å². The van der Waals surface area contributed by atoms with E-state index in [0.29, 0.717) is 18.2 Å². The van der Waals surface area contributed by atoms with Crippen LogP contribution in [0.2, 0.25) is 0 Å². The molecule has 1 aromatic carbocycles. The smallest absolute Gasteiger partial charge is 0.276 e. The second kappa shape index (κ2) is 9.08. The molecule has 0 radical (unpaired) electrons. The maximum atomic E-state index is 15.2. The highest BCUT2D eigenvalue weighted by molar-refractivity contribution is 5.91. The standard InChI is InChI=1S/C24H23FN10O2/c1-32(12-18-20(35-14-26-29-31-35)6-7-21(37-2)23(18)25)24(36)19-13-34(30-28-19)11-17-10-33-9-16(15-3-4-15)5-8-22(33)27-17/h5-10,13-15H,3-4,11-12H2,1-2H3. The van der Waals surface area contributed by atoms with Gasteiger partial charge in [0.1, 0.15) is 12.0 Å². The SMILES string of the molecule is COc1ccc(-n2cnnn2)c(CN(C)C(=O)c2cn(Cc3cn4cc(C5CC5)ccc4n3)nn2)c1F. The van der Waals surface area contributed by atoms with Crippen molar-refractivity contribution in [2.45, 2.75) is 31.8 Å². The van der Waals surface area contributed by atoms with E-state index >= 15 is 4.39 Å². The maximum Gasteiger partial charge on any atom is 0.276 e. The topological polar surface area (TPSA) is 121 Å². The molecular weight excluding hydrogens is 479 g/mol. The second-order valence-electron chi connectivity index (χ2n) is 9.03. The number of ether oxygens (including phenoxy) is 1. The summed E-state index contributed by atoms with van der Waals surface area (Å²) in [7, 11) is 2.93. The van der Waals surface area contributed by atoms with Crippen LogP contribution in [-0.4, -0.2) is 69.6 Å². The highest BCUT2D eigenvalue weighted by Gasteiger charge is 2.24. The van der Waals surface area contributed by atoms with Crippen LogP contribution < -0.4 is 4.74 Å². The Bertz CT molecular complexity index is 1590. The number of benzene rings is 1. The molecular formula is C24H23FN10O2. The van der Waals surface area contributed by atoms with E-state index in [-0.39, 0.29) is 23.6 Å². The molecule has 1 fully saturated rings. The molecule has 0 N–H and O–H groups in total. The number of rotatable bonds is 8. The van der Waals surface area contributed by atoms with Crippen molar-refractivity contribution >= 4 is 11.6 Å². The summed E-state index contributed by atoms with van der Waals surface area (Å²) >= 11 is 0. The Kier molecular flexibility index (Phi) is 5.58. The van der Waals surface area contributed by atoms with Crippen molar-refractivity contribution in [3.8, 4) is 11.4 Å². The zero-order chi connectivity index (χ0) is 25.5. The number of imidazole rings is 1. The van der Waals surface area contributed by atoms with Crippen LogP contribution >= 0.6 is 0 Å². The summed E-state index contributed by atoms with van der Waals surface area (Å²) in [6.07, 6.45) is 9.47. The van der Waals surface area contributed by atoms with Crippen LogP contribution in [0, 0.1) is 5.82 Å². The van der Waals surface area contributed by atoms with E-state index in [4.69, 9.17) is 4.74 Å². The van der Waals surface area contributed by atoms with Crippen molar-refractivity contribution < 1.29 is 13.9 Å². The fraction of sp³-hybridized carbons (Fsp3) is 0.292. The molecule has 6 rings (SSSR count). The van der Waals surface area contributed by atoms with Gasteiger partial charge in [0.25, 0.3) is 5.91 Å². The molecule has 0 spiro atoms. The predicted molar refractivity (Wildman–Crippen MR) is 128 cm³/mol. The molecule has 13 heteroatoms. The van der Waals surface area contributed by atoms with E-state index in [9.17, 15) is 4.79 Å². The van der Waals surface area contributed by atoms with Crippen LogP contribution in [0.15, 0.2) is 49.2 Å². The lowest BCUT2D eigenvalue weighted by Crippen LogP contribution is -2.28. The average Bonchev–Trinajstić information content (AvgIpc) is 3.26. The number of nitrogens with zero attached hydrogens (tertiary/aromatic N) is 10. The first-order valence-electron chi connectivity index (χ1n) is 11.7. The van der Waals surface area contributed by atoms with Gasteiger partial charge in [-0.05, 0) is 52.9 Å². The number of halogens is 1. The Morgan fingerprint density at radius 3 is 2.78 bits per heavy atom. The van der Waals surface area contributed by atoms with Crippen molar-refractivity contribution in [2.24, 2.45) is 0 Å². The van der Waals surface area contributed by atoms with Crippen LogP contribution in [0.4, 0.5) is 4.39 Å². The third-order valence-electron chi connectivity index (χ3n) is 6.40. The van der Waals surface area contributed by atoms with Crippen molar-refractivity contribution in [1.29, 1.82) is 0 Å². The lowest BCUT2D eigenvalue weighted by atomic mass is 10.1. The first-order valence-corrected chi connectivity index (χ1v) is 11.7. The summed E-state index contributed by atoms with van der Waals surface area (Å²) in [4.78, 5) is 19.1. The third-order valence-corrected chi connectivity index (χ3v) is 6.40. The van der Waals surface area contributed by atoms with Gasteiger partial charge in [-0.15, -0.1) is 10.2 Å². The zero-order valence-electron chi connectivity index (χ0n) is 20.2. The van der Waals surface area contributed by atoms with Gasteiger partial charge in [-0.25, -0.2) is 18.7 Å². The molecule has 5 aromatic rings. The Labute approximate surface area is 210 Å². The van der Waals surface area contributed by atoms with Gasteiger partial charge in [-0.3, -0.25) is 4.79 Å². The number of aromatic nitrogens is 9. The molecule has 1 aliphatic rings. The molecule has 4 aromatic heterocycles. The number of carbonyl (C=O) groups is 1. The summed E-state index contributed by atoms with van der Waals surface area (Å²) in [5.74, 6) is -0.309. The summed E-state index contributed by atoms with van der Waals surface area (Å²) in [5.41, 5.74) is 3.70. The quantitative estimate of drug-likeness (QED) is 0.317. The highest BCUT2D eigenvalue weighted by Crippen LogP contribution is 2.39. The minimum absolute atomic E-state index is 0.0512. The summed E-state index contributed by atoms with van der Waals surface area (Å²) < 4.78 is 25.2. The number of hydrogen-bond donors (Lipinski definition) is 0. The van der Waals surface area contributed by atoms with Gasteiger partial charge >= 0.3 is 0 Å². The van der Waals surface area contributed by atoms with Crippen LogP contribution in [0.3, 0.4) is 0 Å². The van der Waals surface area contributed by atoms with Crippen molar-refractivity contribution in [1.82, 2.24) is 49.5 Å². The number of methoxy groups -OCH3 is 1. The molecule has 0 saturated heterocycles. The number of fused-ring (bicyclic) bond motifs is 1. The van der Waals surface area contributed by atoms with E-state index in [2.05, 4.69) is 43.1 Å². The van der Waals surface area contributed by atoms with E-state index in [1.54, 1.807) is 24.0 Å². The fourth-order valence-corrected chi connectivity index (χ4v) is 4.32. The molecule has 0 bridgehead atoms. The van der Waals surface area contributed by atoms with Gasteiger partial charge in [0.2, 0.25) is 0 Å². The van der Waals surface area contributed by atoms with Crippen molar-refractivity contribution in [2.75, 3.05) is 14.2 Å². The molecule has 0 unspecified atom stereocenters. The monoisotopic (exact) mass is 502 g/mol. The van der Waals surface area contributed by atoms with Crippen LogP contribution in [0.5, 0.6) is 5.75 Å². The Balaban J connectivity index is 1.19. The zero-order valence-corrected chi connectivity index (χ0v) is 20.2. The fourth-order valence-electron chi connectivity index (χ4n) is 4.32. The first kappa shape index (κ1) is 22.8. The number of tetrazole rings is 1. The summed E-state index contributed by atoms with van der Waals surface area (Å²) in [5, 5.41) is 19.2. The molecule has 1 aliphatic carbocycles. The first-order chi connectivity index (χ1) is 18.0. The number of carbonyl (C=O) groups excluding carboxylic acids is 1. The number of pyridine rings is 1. The Morgan fingerprint density at radius 1 is 1.16 bits per heavy atom. The van der Waals surface area contributed by atoms with E-state index in [0.717, 1.165) is 11.3 Å². The minimum Gasteiger partial charge on any atom is -0.494 e. The molecule has 0 aliphatic heterocycles. The lowest BCUT2D eigenvalue weighted by molar-refractivity contribution is 0.0777. The molecule has 188 valence electrons. The lowest BCUT2D eigenvalue weighted by Gasteiger charge is -2.19. The Hall–Kier alpha value is -4.68. The van der Waals surface area contributed by atoms with Crippen molar-refractivity contribution in [3.05, 3.63) is 77.5 Å². The van der Waals surface area contributed by atoms with Crippen molar-refractivity contribution in [3.63, 3.8) is 0 Å². The van der Waals surface area contributed by atoms with E-state index < -0.39 is 11.7 Å². The van der Waals surface area contributed by atoms with Crippen LogP contribution in [0.25, 0.3) is 11.3 Å². The molecule has 0 atom stereocenters. The van der Waals surface area contributed by atoms with Gasteiger partial charge in [0.05, 0.1) is 37.8 Å². The van der Waals surface area contributed by atoms with Crippen LogP contribution in [0.1, 0.15) is 46.1 Å². The van der Waals surface area contributed by atoms with Gasteiger partial charge in [-0.2, -0.15) is 0 Å². The second-order valence-corrected chi connectivity index (χ2v) is 9.03. The minimum atomic E-state index is -0.601. The van der Waals surface area contributed by atoms with Gasteiger partial charge in [0, 0.05) is 25.0 Å². The summed E-state index contributed by atoms with van der Waals surface area (Å²) in [6, 6.07) is 7.26. The summed E-state index contributed by atoms with van der Waals surface area (Å²) in [6.45, 7) is 0.290. The van der Waals surface area contributed by atoms with E-state index in [1.807, 2.05) is 16.7 Å². The van der Waals surface area contributed by atoms with Gasteiger partial charge in [-0.1, -0.05) is 11.3 Å². The molecule has 37 heavy (non-hydrogen) atoms. The normalized spacial score (nSPS) is 13.3. The van der Waals surface area contributed by atoms with Gasteiger partial charge < -0.3 is 14.0 Å². The molecule has 4 heterocycles. The predicted octanol–water partition coefficient (Wildman–Crippen LogP) is 2.25. The third kappa shape index (κ3) is 4.39. The maximum absolute atomic E-state index is 15.2. The molecule has 1 saturated carbocycles. The van der Waals surface area contributed by atoms with Gasteiger partial charge in [0.15, 0.2) is 17.3 Å². The van der Waals surface area contributed by atoms with E-state index in [1.165, 1.54) is 47.5 Å². The number of amides is 1. The molecule has 12 nitrogen and oxygen atoms in total. The highest BCUT2D eigenvalue weighted by atomic mass is 19.1. The number of hydrogen-bond acceptors (Lipinski definition) is 8. The molecule has 1 amide bonds. The largest absolute Gasteiger partial charge is 0.494 e. The Morgan fingerprint density at radius 2 is 2.03 bits per heavy atom.